The van der Waals surface area contributed by atoms with E-state index in [0.717, 1.165) is 34.6 Å². The maximum absolute atomic E-state index is 13.2. The molecule has 34 heavy (non-hydrogen) atoms. The minimum Gasteiger partial charge on any atom is -0.325 e. The minimum atomic E-state index is -4.56. The lowest BCUT2D eigenvalue weighted by molar-refractivity contribution is -0.137. The number of aryl methyl sites for hydroxylation is 1. The number of nitrogens with one attached hydrogen (secondary N) is 1. The van der Waals surface area contributed by atoms with Crippen LogP contribution in [0.2, 0.25) is 0 Å². The van der Waals surface area contributed by atoms with Gasteiger partial charge in [0.05, 0.1) is 17.0 Å². The molecule has 0 aliphatic heterocycles. The van der Waals surface area contributed by atoms with Crippen LogP contribution in [-0.2, 0) is 17.4 Å². The number of para-hydroxylation sites is 1. The smallest absolute Gasteiger partial charge is 0.325 e. The average molecular weight is 483 g/mol. The van der Waals surface area contributed by atoms with Gasteiger partial charge in [0.25, 0.3) is 0 Å². The summed E-state index contributed by atoms with van der Waals surface area (Å²) in [5.41, 5.74) is 1.80. The molecule has 0 fully saturated rings. The Labute approximate surface area is 199 Å². The highest BCUT2D eigenvalue weighted by Crippen LogP contribution is 2.34. The normalized spacial score (nSPS) is 11.4. The number of amides is 1. The van der Waals surface area contributed by atoms with E-state index in [0.29, 0.717) is 17.4 Å². The van der Waals surface area contributed by atoms with Gasteiger partial charge in [-0.3, -0.25) is 9.36 Å². The summed E-state index contributed by atoms with van der Waals surface area (Å²) in [6, 6.07) is 22.5. The summed E-state index contributed by atoms with van der Waals surface area (Å²) in [6.45, 7) is 1.98. The van der Waals surface area contributed by atoms with Crippen LogP contribution in [0.4, 0.5) is 18.9 Å². The molecule has 0 aliphatic carbocycles. The van der Waals surface area contributed by atoms with Gasteiger partial charge in [0, 0.05) is 12.1 Å². The lowest BCUT2D eigenvalue weighted by atomic mass is 10.1. The van der Waals surface area contributed by atoms with Crippen molar-refractivity contribution in [1.82, 2.24) is 14.8 Å². The molecule has 1 N–H and O–H groups in total. The molecule has 9 heteroatoms. The van der Waals surface area contributed by atoms with Gasteiger partial charge < -0.3 is 5.32 Å². The summed E-state index contributed by atoms with van der Waals surface area (Å²) in [7, 11) is 0. The highest BCUT2D eigenvalue weighted by Gasteiger charge is 2.33. The highest BCUT2D eigenvalue weighted by molar-refractivity contribution is 7.99. The molecule has 0 aliphatic rings. The fourth-order valence-electron chi connectivity index (χ4n) is 3.47. The lowest BCUT2D eigenvalue weighted by Gasteiger charge is -2.14. The predicted molar refractivity (Wildman–Crippen MR) is 126 cm³/mol. The average Bonchev–Trinajstić information content (AvgIpc) is 3.20. The molecular weight excluding hydrogens is 461 g/mol. The molecule has 0 bridgehead atoms. The Morgan fingerprint density at radius 2 is 1.71 bits per heavy atom. The molecular formula is C25H21F3N4OS. The van der Waals surface area contributed by atoms with Crippen LogP contribution < -0.4 is 5.32 Å². The van der Waals surface area contributed by atoms with Crippen molar-refractivity contribution >= 4 is 23.4 Å². The summed E-state index contributed by atoms with van der Waals surface area (Å²) in [5.74, 6) is 0.00816. The largest absolute Gasteiger partial charge is 0.418 e. The molecule has 0 unspecified atom stereocenters. The van der Waals surface area contributed by atoms with Crippen molar-refractivity contribution in [2.75, 3.05) is 11.1 Å². The summed E-state index contributed by atoms with van der Waals surface area (Å²) in [6.07, 6.45) is -4.03. The first kappa shape index (κ1) is 23.6. The van der Waals surface area contributed by atoms with E-state index in [4.69, 9.17) is 0 Å². The number of hydrogen-bond acceptors (Lipinski definition) is 4. The number of anilines is 1. The zero-order valence-corrected chi connectivity index (χ0v) is 19.0. The highest BCUT2D eigenvalue weighted by atomic mass is 32.2. The second-order valence-corrected chi connectivity index (χ2v) is 8.56. The van der Waals surface area contributed by atoms with Gasteiger partial charge in [-0.25, -0.2) is 0 Å². The second-order valence-electron chi connectivity index (χ2n) is 7.62. The number of thioether (sulfide) groups is 1. The molecule has 0 radical (unpaired) electrons. The summed E-state index contributed by atoms with van der Waals surface area (Å²) < 4.78 is 41.6. The third-order valence-corrected chi connectivity index (χ3v) is 5.93. The first-order valence-electron chi connectivity index (χ1n) is 10.5. The van der Waals surface area contributed by atoms with Crippen LogP contribution in [0.1, 0.15) is 22.5 Å². The number of rotatable bonds is 7. The van der Waals surface area contributed by atoms with E-state index < -0.39 is 17.6 Å². The van der Waals surface area contributed by atoms with Gasteiger partial charge in [0.15, 0.2) is 5.16 Å². The number of alkyl halides is 3. The standard InChI is InChI=1S/C25H21F3N4OS/c1-17-8-7-11-19(14-17)32-22(15-18-9-3-2-4-10-18)30-31-24(32)34-16-23(33)29-21-13-6-5-12-20(21)25(26,27)28/h2-14H,15-16H2,1H3,(H,29,33). The Balaban J connectivity index is 1.56. The van der Waals surface area contributed by atoms with Gasteiger partial charge in [-0.05, 0) is 42.3 Å². The molecule has 1 heterocycles. The van der Waals surface area contributed by atoms with Gasteiger partial charge in [0.2, 0.25) is 5.91 Å². The number of carbonyl (C=O) groups excluding carboxylic acids is 1. The Morgan fingerprint density at radius 3 is 2.44 bits per heavy atom. The maximum atomic E-state index is 13.2. The zero-order chi connectivity index (χ0) is 24.1. The van der Waals surface area contributed by atoms with Crippen LogP contribution in [-0.4, -0.2) is 26.4 Å². The molecule has 0 spiro atoms. The van der Waals surface area contributed by atoms with Gasteiger partial charge in [-0.15, -0.1) is 10.2 Å². The quantitative estimate of drug-likeness (QED) is 0.333. The van der Waals surface area contributed by atoms with E-state index in [9.17, 15) is 18.0 Å². The Morgan fingerprint density at radius 1 is 0.971 bits per heavy atom. The Bertz CT molecular complexity index is 1290. The Hall–Kier alpha value is -3.59. The van der Waals surface area contributed by atoms with Crippen molar-refractivity contribution in [3.05, 3.63) is 101 Å². The topological polar surface area (TPSA) is 59.8 Å². The molecule has 4 aromatic rings. The first-order valence-corrected chi connectivity index (χ1v) is 11.4. The van der Waals surface area contributed by atoms with Crippen molar-refractivity contribution in [3.8, 4) is 5.69 Å². The molecule has 5 nitrogen and oxygen atoms in total. The lowest BCUT2D eigenvalue weighted by Crippen LogP contribution is -2.18. The third kappa shape index (κ3) is 5.66. The van der Waals surface area contributed by atoms with Crippen molar-refractivity contribution in [2.24, 2.45) is 0 Å². The molecule has 1 aromatic heterocycles. The SMILES string of the molecule is Cc1cccc(-n2c(Cc3ccccc3)nnc2SCC(=O)Nc2ccccc2C(F)(F)F)c1. The van der Waals surface area contributed by atoms with Gasteiger partial charge in [-0.1, -0.05) is 66.4 Å². The van der Waals surface area contributed by atoms with E-state index >= 15 is 0 Å². The second kappa shape index (κ2) is 10.1. The number of aromatic nitrogens is 3. The summed E-state index contributed by atoms with van der Waals surface area (Å²) >= 11 is 1.12. The minimum absolute atomic E-state index is 0.124. The number of hydrogen-bond donors (Lipinski definition) is 1. The van der Waals surface area contributed by atoms with Crippen LogP contribution >= 0.6 is 11.8 Å². The van der Waals surface area contributed by atoms with Gasteiger partial charge in [-0.2, -0.15) is 13.2 Å². The van der Waals surface area contributed by atoms with E-state index in [1.54, 1.807) is 0 Å². The number of carbonyl (C=O) groups is 1. The maximum Gasteiger partial charge on any atom is 0.418 e. The fourth-order valence-corrected chi connectivity index (χ4v) is 4.24. The zero-order valence-electron chi connectivity index (χ0n) is 18.2. The van der Waals surface area contributed by atoms with E-state index in [1.807, 2.05) is 66.1 Å². The number of nitrogens with zero attached hydrogens (tertiary/aromatic N) is 3. The van der Waals surface area contributed by atoms with Crippen molar-refractivity contribution in [3.63, 3.8) is 0 Å². The molecule has 0 saturated carbocycles. The number of halogens is 3. The molecule has 174 valence electrons. The predicted octanol–water partition coefficient (Wildman–Crippen LogP) is 5.92. The number of benzene rings is 3. The molecule has 0 saturated heterocycles. The van der Waals surface area contributed by atoms with Crippen molar-refractivity contribution in [1.29, 1.82) is 0 Å². The van der Waals surface area contributed by atoms with Crippen LogP contribution in [0.25, 0.3) is 5.69 Å². The monoisotopic (exact) mass is 482 g/mol. The summed E-state index contributed by atoms with van der Waals surface area (Å²) in [4.78, 5) is 12.5. The van der Waals surface area contributed by atoms with Crippen molar-refractivity contribution < 1.29 is 18.0 Å². The van der Waals surface area contributed by atoms with Crippen molar-refractivity contribution in [2.45, 2.75) is 24.7 Å². The molecule has 4 rings (SSSR count). The Kier molecular flexibility index (Phi) is 7.02. The van der Waals surface area contributed by atoms with E-state index in [2.05, 4.69) is 15.5 Å². The summed E-state index contributed by atoms with van der Waals surface area (Å²) in [5, 5.41) is 11.5. The van der Waals surface area contributed by atoms with Crippen LogP contribution in [0, 0.1) is 6.92 Å². The van der Waals surface area contributed by atoms with E-state index in [1.165, 1.54) is 18.2 Å². The van der Waals surface area contributed by atoms with Crippen LogP contribution in [0.15, 0.2) is 84.0 Å². The molecule has 3 aromatic carbocycles. The van der Waals surface area contributed by atoms with E-state index in [-0.39, 0.29) is 11.4 Å². The van der Waals surface area contributed by atoms with Gasteiger partial charge in [0.1, 0.15) is 5.82 Å². The van der Waals surface area contributed by atoms with Crippen LogP contribution in [0.5, 0.6) is 0 Å². The van der Waals surface area contributed by atoms with Gasteiger partial charge >= 0.3 is 6.18 Å². The third-order valence-electron chi connectivity index (χ3n) is 5.00. The van der Waals surface area contributed by atoms with Crippen LogP contribution in [0.3, 0.4) is 0 Å². The molecule has 0 atom stereocenters. The fraction of sp³-hybridized carbons (Fsp3) is 0.160. The first-order chi connectivity index (χ1) is 16.3. The molecule has 1 amide bonds.